The fourth-order valence-electron chi connectivity index (χ4n) is 6.13. The number of hydrogen-bond acceptors (Lipinski definition) is 4. The summed E-state index contributed by atoms with van der Waals surface area (Å²) in [6.07, 6.45) is 5.75. The van der Waals surface area contributed by atoms with Crippen molar-refractivity contribution in [2.24, 2.45) is 5.41 Å². The Kier molecular flexibility index (Phi) is 5.85. The smallest absolute Gasteiger partial charge is 0.354 e. The van der Waals surface area contributed by atoms with Crippen LogP contribution in [-0.2, 0) is 25.5 Å². The van der Waals surface area contributed by atoms with E-state index in [0.29, 0.717) is 5.92 Å². The van der Waals surface area contributed by atoms with Gasteiger partial charge in [-0.25, -0.2) is 9.78 Å². The second-order valence-electron chi connectivity index (χ2n) is 10.2. The van der Waals surface area contributed by atoms with Crippen LogP contribution in [0.5, 0.6) is 0 Å². The molecule has 7 rings (SSSR count). The summed E-state index contributed by atoms with van der Waals surface area (Å²) >= 11 is 0. The molecule has 0 spiro atoms. The minimum Gasteiger partial charge on any atom is -0.477 e. The van der Waals surface area contributed by atoms with Gasteiger partial charge in [-0.3, -0.25) is 10.1 Å². The maximum atomic E-state index is 10.1. The third kappa shape index (κ3) is 3.28. The van der Waals surface area contributed by atoms with E-state index in [0.717, 1.165) is 17.0 Å². The summed E-state index contributed by atoms with van der Waals surface area (Å²) in [5.74, 6) is 0.523. The van der Waals surface area contributed by atoms with E-state index in [9.17, 15) is 4.79 Å². The molecule has 2 aliphatic rings. The van der Waals surface area contributed by atoms with Crippen LogP contribution in [0.15, 0.2) is 67.0 Å². The molecule has 0 aliphatic heterocycles. The summed E-state index contributed by atoms with van der Waals surface area (Å²) < 4.78 is 2.23. The van der Waals surface area contributed by atoms with Gasteiger partial charge in [-0.1, -0.05) is 57.2 Å². The molecule has 2 bridgehead atoms. The van der Waals surface area contributed by atoms with E-state index >= 15 is 0 Å². The van der Waals surface area contributed by atoms with Gasteiger partial charge in [-0.2, -0.15) is 0 Å². The first-order chi connectivity index (χ1) is 16.8. The first kappa shape index (κ1) is 24.3. The molecular weight excluding hydrogens is 631 g/mol. The molecule has 7 nitrogen and oxygen atoms in total. The van der Waals surface area contributed by atoms with E-state index in [1.165, 1.54) is 47.1 Å². The average Bonchev–Trinajstić information content (AvgIpc) is 3.55. The number of hydrogen-bond donors (Lipinski definition) is 1. The first-order valence-corrected chi connectivity index (χ1v) is 11.9. The summed E-state index contributed by atoms with van der Waals surface area (Å²) in [5, 5.41) is 20.1. The molecule has 185 valence electrons. The molecule has 2 unspecified atom stereocenters. The van der Waals surface area contributed by atoms with Gasteiger partial charge in [-0.15, -0.1) is 0 Å². The quantitative estimate of drug-likeness (QED) is 0.271. The standard InChI is InChI=1S/C22H21N4.C6H5NO2.Ir/c1-21(2)15-10-11-22(21,3)18-17(15)20(25-24-18)26-16-9-5-4-7-13(16)14-8-6-12-23-19(14)26;8-6(9)5-3-1-2-4-7-5;/h4-9,12,15H,10-11H2,1-3H3;1-4H,(H,8,9);/q-1;;. The third-order valence-electron chi connectivity index (χ3n) is 8.37. The maximum absolute atomic E-state index is 10.1. The number of fused-ring (bicyclic) bond motifs is 8. The van der Waals surface area contributed by atoms with Crippen molar-refractivity contribution in [1.29, 1.82) is 0 Å². The molecule has 0 saturated heterocycles. The van der Waals surface area contributed by atoms with E-state index in [1.54, 1.807) is 12.1 Å². The summed E-state index contributed by atoms with van der Waals surface area (Å²) in [6, 6.07) is 17.4. The van der Waals surface area contributed by atoms with Crippen LogP contribution in [0.4, 0.5) is 0 Å². The van der Waals surface area contributed by atoms with Crippen molar-refractivity contribution in [2.45, 2.75) is 44.9 Å². The van der Waals surface area contributed by atoms with Crippen LogP contribution < -0.4 is 5.10 Å². The Labute approximate surface area is 222 Å². The van der Waals surface area contributed by atoms with Gasteiger partial charge in [0.25, 0.3) is 0 Å². The molecule has 1 N–H and O–H groups in total. The van der Waals surface area contributed by atoms with Gasteiger partial charge in [0.2, 0.25) is 0 Å². The Morgan fingerprint density at radius 2 is 1.72 bits per heavy atom. The fourth-order valence-corrected chi connectivity index (χ4v) is 6.13. The summed E-state index contributed by atoms with van der Waals surface area (Å²) in [6.45, 7) is 7.18. The van der Waals surface area contributed by atoms with Crippen molar-refractivity contribution in [1.82, 2.24) is 24.7 Å². The van der Waals surface area contributed by atoms with Gasteiger partial charge in [0.1, 0.15) is 5.69 Å². The molecule has 4 aromatic heterocycles. The number of aromatic carboxylic acids is 1. The number of carbonyl (C=O) groups is 1. The summed E-state index contributed by atoms with van der Waals surface area (Å²) in [7, 11) is 0. The zero-order valence-corrected chi connectivity index (χ0v) is 22.7. The SMILES string of the molecule is CC12CCC(c3c1n[n-]c3-n1c3ccccc3c3cccnc31)C2(C)C.O=C(O)c1ccccn1.[Ir]. The van der Waals surface area contributed by atoms with E-state index < -0.39 is 5.97 Å². The van der Waals surface area contributed by atoms with Gasteiger partial charge in [0.15, 0.2) is 0 Å². The Morgan fingerprint density at radius 3 is 2.44 bits per heavy atom. The molecule has 1 aromatic carbocycles. The molecule has 8 heteroatoms. The van der Waals surface area contributed by atoms with Crippen molar-refractivity contribution < 1.29 is 30.0 Å². The molecule has 2 atom stereocenters. The Hall–Kier alpha value is -3.35. The van der Waals surface area contributed by atoms with Crippen LogP contribution in [0.2, 0.25) is 0 Å². The normalized spacial score (nSPS) is 21.0. The zero-order chi connectivity index (χ0) is 24.4. The fraction of sp³-hybridized carbons (Fsp3) is 0.286. The second-order valence-corrected chi connectivity index (χ2v) is 10.2. The van der Waals surface area contributed by atoms with E-state index in [4.69, 9.17) is 20.3 Å². The maximum Gasteiger partial charge on any atom is 0.354 e. The third-order valence-corrected chi connectivity index (χ3v) is 8.37. The molecule has 1 radical (unpaired) electrons. The van der Waals surface area contributed by atoms with Crippen LogP contribution in [0.1, 0.15) is 61.3 Å². The number of aromatic nitrogens is 5. The zero-order valence-electron chi connectivity index (χ0n) is 20.3. The van der Waals surface area contributed by atoms with Crippen molar-refractivity contribution in [3.05, 3.63) is 83.9 Å². The Bertz CT molecular complexity index is 1540. The topological polar surface area (TPSA) is 95.0 Å². The number of pyridine rings is 2. The summed E-state index contributed by atoms with van der Waals surface area (Å²) in [4.78, 5) is 18.4. The minimum absolute atomic E-state index is 0. The van der Waals surface area contributed by atoms with Gasteiger partial charge in [0, 0.05) is 49.0 Å². The Balaban J connectivity index is 0.000000229. The van der Waals surface area contributed by atoms with E-state index in [2.05, 4.69) is 60.7 Å². The number of carboxylic acid groups (broad SMARTS) is 1. The monoisotopic (exact) mass is 657 g/mol. The van der Waals surface area contributed by atoms with E-state index in [-0.39, 0.29) is 36.6 Å². The second kappa shape index (κ2) is 8.64. The molecule has 2 aliphatic carbocycles. The van der Waals surface area contributed by atoms with Crippen LogP contribution in [0.3, 0.4) is 0 Å². The number of nitrogens with zero attached hydrogens (tertiary/aromatic N) is 5. The molecule has 4 heterocycles. The predicted octanol–water partition coefficient (Wildman–Crippen LogP) is 5.48. The van der Waals surface area contributed by atoms with Crippen molar-refractivity contribution >= 4 is 27.9 Å². The van der Waals surface area contributed by atoms with Crippen LogP contribution in [-0.4, -0.2) is 30.7 Å². The molecule has 1 saturated carbocycles. The van der Waals surface area contributed by atoms with Gasteiger partial charge < -0.3 is 14.8 Å². The molecule has 0 amide bonds. The minimum atomic E-state index is -0.990. The average molecular weight is 657 g/mol. The molecule has 5 aromatic rings. The predicted molar refractivity (Wildman–Crippen MR) is 134 cm³/mol. The first-order valence-electron chi connectivity index (χ1n) is 11.9. The molecular formula is C28H26IrN5O2-. The summed E-state index contributed by atoms with van der Waals surface area (Å²) in [5.41, 5.74) is 5.15. The van der Waals surface area contributed by atoms with Crippen LogP contribution in [0, 0.1) is 5.41 Å². The van der Waals surface area contributed by atoms with Crippen molar-refractivity contribution in [3.8, 4) is 5.82 Å². The van der Waals surface area contributed by atoms with Gasteiger partial charge >= 0.3 is 5.97 Å². The Morgan fingerprint density at radius 1 is 1.00 bits per heavy atom. The largest absolute Gasteiger partial charge is 0.477 e. The van der Waals surface area contributed by atoms with Crippen LogP contribution >= 0.6 is 0 Å². The van der Waals surface area contributed by atoms with Crippen molar-refractivity contribution in [3.63, 3.8) is 0 Å². The van der Waals surface area contributed by atoms with Crippen LogP contribution in [0.25, 0.3) is 27.8 Å². The molecule has 36 heavy (non-hydrogen) atoms. The van der Waals surface area contributed by atoms with Crippen molar-refractivity contribution in [2.75, 3.05) is 0 Å². The van der Waals surface area contributed by atoms with Gasteiger partial charge in [0.05, 0.1) is 5.65 Å². The number of para-hydroxylation sites is 1. The number of rotatable bonds is 2. The van der Waals surface area contributed by atoms with E-state index in [1.807, 2.05) is 12.3 Å². The molecule has 1 fully saturated rings. The van der Waals surface area contributed by atoms with Gasteiger partial charge in [-0.05, 0) is 64.7 Å². The number of carboxylic acids is 1. The number of benzene rings is 1.